The number of nitrogens with zero attached hydrogens (tertiary/aromatic N) is 1. The van der Waals surface area contributed by atoms with Gasteiger partial charge in [-0.05, 0) is 44.9 Å². The predicted molar refractivity (Wildman–Crippen MR) is 81.0 cm³/mol. The van der Waals surface area contributed by atoms with Crippen LogP contribution in [0.1, 0.15) is 33.3 Å². The minimum atomic E-state index is -0.377. The first-order valence-electron chi connectivity index (χ1n) is 6.64. The number of benzene rings is 1. The number of rotatable bonds is 4. The van der Waals surface area contributed by atoms with Crippen molar-refractivity contribution in [1.29, 1.82) is 5.26 Å². The molecule has 1 rings (SSSR count). The van der Waals surface area contributed by atoms with Crippen molar-refractivity contribution in [2.45, 2.75) is 39.7 Å². The molecule has 1 amide bonds. The van der Waals surface area contributed by atoms with Gasteiger partial charge in [-0.25, -0.2) is 0 Å². The zero-order chi connectivity index (χ0) is 15.2. The Morgan fingerprint density at radius 1 is 1.30 bits per heavy atom. The van der Waals surface area contributed by atoms with Crippen LogP contribution in [0.4, 0.5) is 5.69 Å². The summed E-state index contributed by atoms with van der Waals surface area (Å²) in [4.78, 5) is 11.9. The van der Waals surface area contributed by atoms with Gasteiger partial charge in [0.05, 0.1) is 0 Å². The molecule has 106 valence electrons. The number of aryl methyl sites for hydroxylation is 1. The molecule has 1 aromatic carbocycles. The number of hydrogen-bond acceptors (Lipinski definition) is 3. The van der Waals surface area contributed by atoms with Crippen LogP contribution in [0.3, 0.4) is 0 Å². The maximum atomic E-state index is 11.9. The van der Waals surface area contributed by atoms with E-state index in [4.69, 9.17) is 5.26 Å². The fourth-order valence-corrected chi connectivity index (χ4v) is 1.55. The van der Waals surface area contributed by atoms with Crippen LogP contribution in [-0.4, -0.2) is 11.4 Å². The molecule has 0 bridgehead atoms. The number of nitrogens with one attached hydrogen (secondary N) is 2. The minimum absolute atomic E-state index is 0.0551. The van der Waals surface area contributed by atoms with Gasteiger partial charge in [0.15, 0.2) is 0 Å². The predicted octanol–water partition coefficient (Wildman–Crippen LogP) is 2.98. The summed E-state index contributed by atoms with van der Waals surface area (Å²) in [5.74, 6) is -0.377. The lowest BCUT2D eigenvalue weighted by Crippen LogP contribution is -2.41. The molecule has 4 nitrogen and oxygen atoms in total. The lowest BCUT2D eigenvalue weighted by Gasteiger charge is -2.20. The second-order valence-corrected chi connectivity index (χ2v) is 5.57. The first-order chi connectivity index (χ1) is 9.35. The summed E-state index contributed by atoms with van der Waals surface area (Å²) in [6, 6.07) is 9.77. The van der Waals surface area contributed by atoms with E-state index < -0.39 is 0 Å². The van der Waals surface area contributed by atoms with Gasteiger partial charge in [-0.1, -0.05) is 19.1 Å². The van der Waals surface area contributed by atoms with Gasteiger partial charge in [0.2, 0.25) is 0 Å². The first-order valence-corrected chi connectivity index (χ1v) is 6.64. The van der Waals surface area contributed by atoms with Crippen LogP contribution in [-0.2, 0) is 11.2 Å². The van der Waals surface area contributed by atoms with Crippen molar-refractivity contribution in [1.82, 2.24) is 5.32 Å². The van der Waals surface area contributed by atoms with Gasteiger partial charge in [-0.3, -0.25) is 4.79 Å². The van der Waals surface area contributed by atoms with Gasteiger partial charge in [0, 0.05) is 17.4 Å². The van der Waals surface area contributed by atoms with Crippen LogP contribution in [0.15, 0.2) is 36.0 Å². The summed E-state index contributed by atoms with van der Waals surface area (Å²) in [5.41, 5.74) is 1.78. The molecule has 0 atom stereocenters. The number of hydrogen-bond donors (Lipinski definition) is 2. The largest absolute Gasteiger partial charge is 0.360 e. The second kappa shape index (κ2) is 6.76. The fraction of sp³-hybridized carbons (Fsp3) is 0.375. The molecule has 0 spiro atoms. The molecule has 0 aromatic heterocycles. The maximum absolute atomic E-state index is 11.9. The molecule has 0 fully saturated rings. The average molecular weight is 271 g/mol. The standard InChI is InChI=1S/C16H21N3O/c1-5-12-6-8-14(9-7-12)18-11-13(10-17)15(20)19-16(2,3)4/h6-9,11,18H,5H2,1-4H3,(H,19,20)/b13-11-. The zero-order valence-corrected chi connectivity index (χ0v) is 12.4. The zero-order valence-electron chi connectivity index (χ0n) is 12.4. The van der Waals surface area contributed by atoms with Crippen molar-refractivity contribution in [3.63, 3.8) is 0 Å². The van der Waals surface area contributed by atoms with Gasteiger partial charge < -0.3 is 10.6 Å². The van der Waals surface area contributed by atoms with Crippen molar-refractivity contribution >= 4 is 11.6 Å². The number of amides is 1. The van der Waals surface area contributed by atoms with E-state index in [9.17, 15) is 4.79 Å². The summed E-state index contributed by atoms with van der Waals surface area (Å²) in [7, 11) is 0. The Balaban J connectivity index is 2.75. The lowest BCUT2D eigenvalue weighted by molar-refractivity contribution is -0.118. The van der Waals surface area contributed by atoms with Crippen molar-refractivity contribution in [3.05, 3.63) is 41.6 Å². The summed E-state index contributed by atoms with van der Waals surface area (Å²) in [5, 5.41) is 14.8. The van der Waals surface area contributed by atoms with Crippen molar-refractivity contribution in [2.75, 3.05) is 5.32 Å². The van der Waals surface area contributed by atoms with Crippen molar-refractivity contribution in [3.8, 4) is 6.07 Å². The minimum Gasteiger partial charge on any atom is -0.360 e. The topological polar surface area (TPSA) is 64.9 Å². The van der Waals surface area contributed by atoms with Crippen LogP contribution in [0.5, 0.6) is 0 Å². The molecule has 0 aliphatic heterocycles. The molecule has 0 radical (unpaired) electrons. The van der Waals surface area contributed by atoms with E-state index in [1.807, 2.05) is 51.1 Å². The summed E-state index contributed by atoms with van der Waals surface area (Å²) in [6.07, 6.45) is 2.41. The highest BCUT2D eigenvalue weighted by molar-refractivity contribution is 5.97. The van der Waals surface area contributed by atoms with Crippen LogP contribution in [0.25, 0.3) is 0 Å². The summed E-state index contributed by atoms with van der Waals surface area (Å²) >= 11 is 0. The Labute approximate surface area is 120 Å². The second-order valence-electron chi connectivity index (χ2n) is 5.57. The molecule has 0 heterocycles. The molecule has 4 heteroatoms. The van der Waals surface area contributed by atoms with Crippen molar-refractivity contribution in [2.24, 2.45) is 0 Å². The average Bonchev–Trinajstić information content (AvgIpc) is 2.38. The van der Waals surface area contributed by atoms with E-state index in [2.05, 4.69) is 17.6 Å². The first kappa shape index (κ1) is 15.8. The molecule has 0 saturated heterocycles. The lowest BCUT2D eigenvalue weighted by atomic mass is 10.1. The van der Waals surface area contributed by atoms with Crippen LogP contribution in [0, 0.1) is 11.3 Å². The van der Waals surface area contributed by atoms with Gasteiger partial charge in [-0.15, -0.1) is 0 Å². The highest BCUT2D eigenvalue weighted by Crippen LogP contribution is 2.11. The van der Waals surface area contributed by atoms with Crippen LogP contribution in [0.2, 0.25) is 0 Å². The SMILES string of the molecule is CCc1ccc(N/C=C(/C#N)C(=O)NC(C)(C)C)cc1. The fourth-order valence-electron chi connectivity index (χ4n) is 1.55. The quantitative estimate of drug-likeness (QED) is 0.653. The molecule has 20 heavy (non-hydrogen) atoms. The molecule has 0 aliphatic carbocycles. The van der Waals surface area contributed by atoms with E-state index in [0.29, 0.717) is 0 Å². The number of carbonyl (C=O) groups excluding carboxylic acids is 1. The smallest absolute Gasteiger partial charge is 0.263 e. The van der Waals surface area contributed by atoms with Gasteiger partial charge in [-0.2, -0.15) is 5.26 Å². The Morgan fingerprint density at radius 2 is 1.90 bits per heavy atom. The van der Waals surface area contributed by atoms with E-state index in [1.54, 1.807) is 0 Å². The molecule has 1 aromatic rings. The normalized spacial score (nSPS) is 11.7. The van der Waals surface area contributed by atoms with Crippen molar-refractivity contribution < 1.29 is 4.79 Å². The summed E-state index contributed by atoms with van der Waals surface area (Å²) < 4.78 is 0. The number of anilines is 1. The summed E-state index contributed by atoms with van der Waals surface area (Å²) in [6.45, 7) is 7.71. The van der Waals surface area contributed by atoms with E-state index in [0.717, 1.165) is 12.1 Å². The van der Waals surface area contributed by atoms with Crippen LogP contribution >= 0.6 is 0 Å². The molecule has 0 saturated carbocycles. The molecule has 0 aliphatic rings. The van der Waals surface area contributed by atoms with E-state index in [1.165, 1.54) is 11.8 Å². The third kappa shape index (κ3) is 5.15. The Hall–Kier alpha value is -2.28. The molecule has 0 unspecified atom stereocenters. The van der Waals surface area contributed by atoms with Gasteiger partial charge >= 0.3 is 0 Å². The molecular formula is C16H21N3O. The highest BCUT2D eigenvalue weighted by Gasteiger charge is 2.16. The number of nitriles is 1. The van der Waals surface area contributed by atoms with E-state index >= 15 is 0 Å². The number of carbonyl (C=O) groups is 1. The Morgan fingerprint density at radius 3 is 2.35 bits per heavy atom. The third-order valence-corrected chi connectivity index (χ3v) is 2.60. The molecular weight excluding hydrogens is 250 g/mol. The Bertz CT molecular complexity index is 530. The maximum Gasteiger partial charge on any atom is 0.263 e. The van der Waals surface area contributed by atoms with E-state index in [-0.39, 0.29) is 17.0 Å². The Kier molecular flexibility index (Phi) is 5.33. The highest BCUT2D eigenvalue weighted by atomic mass is 16.1. The third-order valence-electron chi connectivity index (χ3n) is 2.60. The molecule has 2 N–H and O–H groups in total. The van der Waals surface area contributed by atoms with Gasteiger partial charge in [0.25, 0.3) is 5.91 Å². The van der Waals surface area contributed by atoms with Crippen LogP contribution < -0.4 is 10.6 Å². The van der Waals surface area contributed by atoms with Gasteiger partial charge in [0.1, 0.15) is 11.6 Å². The monoisotopic (exact) mass is 271 g/mol.